The molecule has 1 fully saturated rings. The summed E-state index contributed by atoms with van der Waals surface area (Å²) in [5, 5.41) is 10.4. The number of hydrogen-bond acceptors (Lipinski definition) is 3. The molecule has 1 heterocycles. The number of carboxylic acid groups (broad SMARTS) is 1. The maximum atomic E-state index is 14.0. The molecule has 0 unspecified atom stereocenters. The Morgan fingerprint density at radius 3 is 1.98 bits per heavy atom. The lowest BCUT2D eigenvalue weighted by molar-refractivity contribution is -0.134. The van der Waals surface area contributed by atoms with Crippen LogP contribution in [0.3, 0.4) is 0 Å². The Hall–Kier alpha value is -3.78. The molecule has 1 N–H and O–H groups in total. The summed E-state index contributed by atoms with van der Waals surface area (Å²) in [6, 6.07) is 21.3. The van der Waals surface area contributed by atoms with Crippen LogP contribution >= 0.6 is 0 Å². The summed E-state index contributed by atoms with van der Waals surface area (Å²) in [7, 11) is 0. The Morgan fingerprint density at radius 1 is 0.902 bits per heavy atom. The molecule has 0 aliphatic carbocycles. The molecular formula is C33H39F2N3O3. The third-order valence-electron chi connectivity index (χ3n) is 8.24. The Kier molecular flexibility index (Phi) is 10.5. The average Bonchev–Trinajstić information content (AvgIpc) is 2.99. The molecule has 4 rings (SSSR count). The molecule has 1 aliphatic heterocycles. The lowest BCUT2D eigenvalue weighted by Gasteiger charge is -2.46. The van der Waals surface area contributed by atoms with E-state index in [4.69, 9.17) is 0 Å². The summed E-state index contributed by atoms with van der Waals surface area (Å²) in [5.41, 5.74) is 2.44. The summed E-state index contributed by atoms with van der Waals surface area (Å²) in [4.78, 5) is 31.7. The van der Waals surface area contributed by atoms with Gasteiger partial charge >= 0.3 is 6.09 Å². The van der Waals surface area contributed by atoms with Gasteiger partial charge in [-0.1, -0.05) is 68.4 Å². The van der Waals surface area contributed by atoms with Crippen molar-refractivity contribution in [2.45, 2.75) is 45.2 Å². The molecule has 2 atom stereocenters. The second-order valence-electron chi connectivity index (χ2n) is 10.6. The van der Waals surface area contributed by atoms with Crippen molar-refractivity contribution in [3.63, 3.8) is 0 Å². The molecule has 1 aliphatic rings. The van der Waals surface area contributed by atoms with E-state index in [2.05, 4.69) is 18.7 Å². The minimum absolute atomic E-state index is 0.0299. The zero-order valence-electron chi connectivity index (χ0n) is 23.8. The first-order valence-corrected chi connectivity index (χ1v) is 14.3. The van der Waals surface area contributed by atoms with Crippen molar-refractivity contribution in [2.75, 3.05) is 32.7 Å². The molecule has 3 aromatic carbocycles. The summed E-state index contributed by atoms with van der Waals surface area (Å²) in [6.45, 7) is 7.49. The summed E-state index contributed by atoms with van der Waals surface area (Å²) >= 11 is 0. The van der Waals surface area contributed by atoms with Gasteiger partial charge in [-0.05, 0) is 60.5 Å². The fourth-order valence-corrected chi connectivity index (χ4v) is 6.00. The highest BCUT2D eigenvalue weighted by Gasteiger charge is 2.42. The van der Waals surface area contributed by atoms with Crippen LogP contribution in [0.15, 0.2) is 78.9 Å². The van der Waals surface area contributed by atoms with E-state index in [0.717, 1.165) is 29.8 Å². The normalized spacial score (nSPS) is 17.2. The van der Waals surface area contributed by atoms with E-state index in [-0.39, 0.29) is 30.0 Å². The van der Waals surface area contributed by atoms with Gasteiger partial charge in [-0.15, -0.1) is 0 Å². The van der Waals surface area contributed by atoms with Crippen LogP contribution in [-0.4, -0.2) is 70.6 Å². The van der Waals surface area contributed by atoms with Crippen molar-refractivity contribution in [3.8, 4) is 0 Å². The topological polar surface area (TPSA) is 64.1 Å². The molecular weight excluding hydrogens is 524 g/mol. The number of hydrogen-bond donors (Lipinski definition) is 1. The van der Waals surface area contributed by atoms with Crippen LogP contribution in [0.1, 0.15) is 49.3 Å². The predicted molar refractivity (Wildman–Crippen MR) is 156 cm³/mol. The number of nitrogens with zero attached hydrogens (tertiary/aromatic N) is 3. The van der Waals surface area contributed by atoms with Gasteiger partial charge in [-0.25, -0.2) is 13.6 Å². The first kappa shape index (κ1) is 30.2. The zero-order chi connectivity index (χ0) is 29.4. The third kappa shape index (κ3) is 7.70. The van der Waals surface area contributed by atoms with Crippen molar-refractivity contribution in [2.24, 2.45) is 5.92 Å². The van der Waals surface area contributed by atoms with Crippen LogP contribution in [0, 0.1) is 17.6 Å². The quantitative estimate of drug-likeness (QED) is 0.301. The van der Waals surface area contributed by atoms with Crippen molar-refractivity contribution >= 4 is 12.0 Å². The Bertz CT molecular complexity index is 1220. The molecule has 3 aromatic rings. The van der Waals surface area contributed by atoms with Crippen molar-refractivity contribution in [1.29, 1.82) is 0 Å². The second kappa shape index (κ2) is 14.2. The van der Waals surface area contributed by atoms with Gasteiger partial charge in [0.1, 0.15) is 11.6 Å². The van der Waals surface area contributed by atoms with Gasteiger partial charge in [0.05, 0.1) is 0 Å². The lowest BCUT2D eigenvalue weighted by atomic mass is 9.73. The first-order valence-electron chi connectivity index (χ1n) is 14.3. The number of rotatable bonds is 11. The number of halogens is 2. The SMILES string of the molecule is CCN(CC)CCC(=O)N1CC[C@@H](N(Cc2ccccc2)C(=O)O)[C@@H](C(c2ccc(F)cc2)c2ccc(F)cc2)C1. The number of benzene rings is 3. The lowest BCUT2D eigenvalue weighted by Crippen LogP contribution is -2.55. The summed E-state index contributed by atoms with van der Waals surface area (Å²) in [5.74, 6) is -1.47. The molecule has 41 heavy (non-hydrogen) atoms. The molecule has 0 radical (unpaired) electrons. The van der Waals surface area contributed by atoms with E-state index in [1.807, 2.05) is 35.2 Å². The van der Waals surface area contributed by atoms with Gasteiger partial charge in [0.15, 0.2) is 0 Å². The summed E-state index contributed by atoms with van der Waals surface area (Å²) < 4.78 is 28.0. The maximum Gasteiger partial charge on any atom is 0.407 e. The molecule has 0 spiro atoms. The van der Waals surface area contributed by atoms with E-state index >= 15 is 0 Å². The standard InChI is InChI=1S/C33H39F2N3O3/c1-3-36(4-2)20-19-31(39)37-21-18-30(38(33(40)41)22-24-8-6-5-7-9-24)29(23-37)32(25-10-14-27(34)15-11-25)26-12-16-28(35)17-13-26/h5-17,29-30,32H,3-4,18-23H2,1-2H3,(H,40,41)/t29-,30+/m0/s1. The highest BCUT2D eigenvalue weighted by molar-refractivity contribution is 5.76. The van der Waals surface area contributed by atoms with Gasteiger partial charge in [0, 0.05) is 50.5 Å². The van der Waals surface area contributed by atoms with Crippen molar-refractivity contribution < 1.29 is 23.5 Å². The van der Waals surface area contributed by atoms with Crippen LogP contribution in [0.4, 0.5) is 13.6 Å². The number of piperidine rings is 1. The minimum Gasteiger partial charge on any atom is -0.465 e. The number of carbonyl (C=O) groups is 2. The van der Waals surface area contributed by atoms with E-state index < -0.39 is 18.1 Å². The first-order chi connectivity index (χ1) is 19.8. The zero-order valence-corrected chi connectivity index (χ0v) is 23.8. The van der Waals surface area contributed by atoms with Crippen molar-refractivity contribution in [3.05, 3.63) is 107 Å². The monoisotopic (exact) mass is 563 g/mol. The fraction of sp³-hybridized carbons (Fsp3) is 0.394. The Balaban J connectivity index is 1.74. The molecule has 6 nitrogen and oxygen atoms in total. The van der Waals surface area contributed by atoms with Crippen LogP contribution in [0.2, 0.25) is 0 Å². The second-order valence-corrected chi connectivity index (χ2v) is 10.6. The molecule has 0 bridgehead atoms. The highest BCUT2D eigenvalue weighted by atomic mass is 19.1. The number of likely N-dealkylation sites (tertiary alicyclic amines) is 1. The third-order valence-corrected chi connectivity index (χ3v) is 8.24. The van der Waals surface area contributed by atoms with Crippen LogP contribution in [0.25, 0.3) is 0 Å². The van der Waals surface area contributed by atoms with Crippen LogP contribution in [-0.2, 0) is 11.3 Å². The Labute approximate surface area is 241 Å². The van der Waals surface area contributed by atoms with Gasteiger partial charge < -0.3 is 19.8 Å². The van der Waals surface area contributed by atoms with E-state index in [1.165, 1.54) is 29.2 Å². The number of carbonyl (C=O) groups excluding carboxylic acids is 1. The van der Waals surface area contributed by atoms with Crippen LogP contribution < -0.4 is 0 Å². The molecule has 218 valence electrons. The van der Waals surface area contributed by atoms with Gasteiger partial charge in [-0.3, -0.25) is 4.79 Å². The van der Waals surface area contributed by atoms with E-state index in [9.17, 15) is 23.5 Å². The smallest absolute Gasteiger partial charge is 0.407 e. The van der Waals surface area contributed by atoms with E-state index in [1.54, 1.807) is 24.3 Å². The minimum atomic E-state index is -1.04. The maximum absolute atomic E-state index is 14.0. The largest absolute Gasteiger partial charge is 0.465 e. The highest BCUT2D eigenvalue weighted by Crippen LogP contribution is 2.40. The van der Waals surface area contributed by atoms with Crippen molar-refractivity contribution in [1.82, 2.24) is 14.7 Å². The summed E-state index contributed by atoms with van der Waals surface area (Å²) in [6.07, 6.45) is -0.203. The molecule has 2 amide bonds. The molecule has 8 heteroatoms. The molecule has 1 saturated heterocycles. The van der Waals surface area contributed by atoms with E-state index in [0.29, 0.717) is 32.5 Å². The van der Waals surface area contributed by atoms with Crippen LogP contribution in [0.5, 0.6) is 0 Å². The molecule has 0 saturated carbocycles. The predicted octanol–water partition coefficient (Wildman–Crippen LogP) is 6.23. The fourth-order valence-electron chi connectivity index (χ4n) is 6.00. The average molecular weight is 564 g/mol. The Morgan fingerprint density at radius 2 is 1.46 bits per heavy atom. The van der Waals surface area contributed by atoms with Gasteiger partial charge in [-0.2, -0.15) is 0 Å². The van der Waals surface area contributed by atoms with Gasteiger partial charge in [0.25, 0.3) is 0 Å². The number of amides is 2. The molecule has 0 aromatic heterocycles. The van der Waals surface area contributed by atoms with Gasteiger partial charge in [0.2, 0.25) is 5.91 Å².